The van der Waals surface area contributed by atoms with Crippen molar-refractivity contribution in [1.82, 2.24) is 4.98 Å². The summed E-state index contributed by atoms with van der Waals surface area (Å²) in [4.78, 5) is 16.4. The molecule has 0 aliphatic carbocycles. The van der Waals surface area contributed by atoms with E-state index in [1.54, 1.807) is 6.07 Å². The van der Waals surface area contributed by atoms with E-state index in [2.05, 4.69) is 20.9 Å². The van der Waals surface area contributed by atoms with E-state index in [1.165, 1.54) is 0 Å². The summed E-state index contributed by atoms with van der Waals surface area (Å²) in [7, 11) is 0. The number of fused-ring (bicyclic) bond motifs is 1. The van der Waals surface area contributed by atoms with Gasteiger partial charge in [0.15, 0.2) is 0 Å². The molecule has 0 unspecified atom stereocenters. The normalized spacial score (nSPS) is 10.8. The Kier molecular flexibility index (Phi) is 3.79. The Morgan fingerprint density at radius 1 is 1.10 bits per heavy atom. The van der Waals surface area contributed by atoms with Crippen molar-refractivity contribution in [2.45, 2.75) is 6.92 Å². The fourth-order valence-corrected chi connectivity index (χ4v) is 2.69. The van der Waals surface area contributed by atoms with E-state index in [-0.39, 0.29) is 0 Å². The van der Waals surface area contributed by atoms with Gasteiger partial charge >= 0.3 is 0 Å². The first-order chi connectivity index (χ1) is 10.0. The lowest BCUT2D eigenvalue weighted by Crippen LogP contribution is -1.96. The highest BCUT2D eigenvalue weighted by molar-refractivity contribution is 9.10. The van der Waals surface area contributed by atoms with E-state index in [4.69, 9.17) is 11.6 Å². The number of carbonyl (C=O) groups excluding carboxylic acids is 1. The molecule has 0 N–H and O–H groups in total. The Bertz CT molecular complexity index is 843. The first-order valence-electron chi connectivity index (χ1n) is 6.42. The van der Waals surface area contributed by atoms with Crippen molar-refractivity contribution in [3.8, 4) is 11.3 Å². The maximum Gasteiger partial charge on any atom is 0.253 e. The molecule has 0 spiro atoms. The first kappa shape index (κ1) is 14.2. The largest absolute Gasteiger partial charge is 0.276 e. The summed E-state index contributed by atoms with van der Waals surface area (Å²) in [6.07, 6.45) is 0. The molecule has 0 amide bonds. The van der Waals surface area contributed by atoms with Crippen LogP contribution in [0.2, 0.25) is 0 Å². The van der Waals surface area contributed by atoms with Crippen molar-refractivity contribution in [1.29, 1.82) is 0 Å². The van der Waals surface area contributed by atoms with Crippen LogP contribution in [0.15, 0.2) is 53.0 Å². The molecule has 1 heterocycles. The van der Waals surface area contributed by atoms with E-state index in [9.17, 15) is 4.79 Å². The second-order valence-corrected chi connectivity index (χ2v) is 6.12. The van der Waals surface area contributed by atoms with Crippen LogP contribution in [-0.4, -0.2) is 10.2 Å². The molecule has 0 bridgehead atoms. The van der Waals surface area contributed by atoms with Gasteiger partial charge in [-0.2, -0.15) is 0 Å². The highest BCUT2D eigenvalue weighted by atomic mass is 79.9. The van der Waals surface area contributed by atoms with Crippen LogP contribution in [0.4, 0.5) is 0 Å². The molecule has 3 rings (SSSR count). The van der Waals surface area contributed by atoms with Gasteiger partial charge in [-0.1, -0.05) is 39.7 Å². The number of pyridine rings is 1. The standard InChI is InChI=1S/C17H11BrClNO/c1-10-2-7-15-13(8-10)14(17(19)21)9-16(20-15)11-3-5-12(18)6-4-11/h2-9H,1H3. The molecule has 3 aromatic rings. The van der Waals surface area contributed by atoms with Crippen LogP contribution in [0, 0.1) is 6.92 Å². The average molecular weight is 361 g/mol. The summed E-state index contributed by atoms with van der Waals surface area (Å²) in [5, 5.41) is 0.322. The van der Waals surface area contributed by atoms with Crippen LogP contribution < -0.4 is 0 Å². The quantitative estimate of drug-likeness (QED) is 0.576. The Hall–Kier alpha value is -1.71. The van der Waals surface area contributed by atoms with E-state index >= 15 is 0 Å². The van der Waals surface area contributed by atoms with Crippen LogP contribution in [0.1, 0.15) is 15.9 Å². The van der Waals surface area contributed by atoms with Crippen LogP contribution in [0.25, 0.3) is 22.2 Å². The van der Waals surface area contributed by atoms with Gasteiger partial charge in [0.25, 0.3) is 5.24 Å². The van der Waals surface area contributed by atoms with Crippen LogP contribution in [0.5, 0.6) is 0 Å². The predicted octanol–water partition coefficient (Wildman–Crippen LogP) is 5.35. The number of carbonyl (C=O) groups is 1. The van der Waals surface area contributed by atoms with Gasteiger partial charge in [0.05, 0.1) is 11.2 Å². The summed E-state index contributed by atoms with van der Waals surface area (Å²) in [6, 6.07) is 15.4. The number of halogens is 2. The molecule has 0 saturated carbocycles. The van der Waals surface area contributed by atoms with E-state index < -0.39 is 5.24 Å². The number of benzene rings is 2. The smallest absolute Gasteiger partial charge is 0.253 e. The summed E-state index contributed by atoms with van der Waals surface area (Å²) in [6.45, 7) is 1.98. The van der Waals surface area contributed by atoms with Crippen molar-refractivity contribution in [3.63, 3.8) is 0 Å². The third-order valence-corrected chi connectivity index (χ3v) is 4.05. The molecular weight excluding hydrogens is 350 g/mol. The minimum absolute atomic E-state index is 0.466. The number of aromatic nitrogens is 1. The lowest BCUT2D eigenvalue weighted by molar-refractivity contribution is 0.108. The van der Waals surface area contributed by atoms with Crippen molar-refractivity contribution >= 4 is 43.7 Å². The van der Waals surface area contributed by atoms with Crippen LogP contribution in [0.3, 0.4) is 0 Å². The molecule has 2 nitrogen and oxygen atoms in total. The Morgan fingerprint density at radius 3 is 2.48 bits per heavy atom. The molecule has 2 aromatic carbocycles. The lowest BCUT2D eigenvalue weighted by Gasteiger charge is -2.08. The fraction of sp³-hybridized carbons (Fsp3) is 0.0588. The van der Waals surface area contributed by atoms with Crippen molar-refractivity contribution < 1.29 is 4.79 Å². The van der Waals surface area contributed by atoms with Gasteiger partial charge in [0, 0.05) is 21.0 Å². The first-order valence-corrected chi connectivity index (χ1v) is 7.59. The average Bonchev–Trinajstić information content (AvgIpc) is 2.46. The van der Waals surface area contributed by atoms with Gasteiger partial charge in [-0.15, -0.1) is 0 Å². The zero-order chi connectivity index (χ0) is 15.0. The number of hydrogen-bond donors (Lipinski definition) is 0. The number of hydrogen-bond acceptors (Lipinski definition) is 2. The van der Waals surface area contributed by atoms with Gasteiger partial charge < -0.3 is 0 Å². The van der Waals surface area contributed by atoms with E-state index in [0.29, 0.717) is 5.56 Å². The summed E-state index contributed by atoms with van der Waals surface area (Å²) < 4.78 is 0.997. The molecule has 0 saturated heterocycles. The second kappa shape index (κ2) is 5.58. The third kappa shape index (κ3) is 2.85. The Balaban J connectivity index is 2.28. The monoisotopic (exact) mass is 359 g/mol. The van der Waals surface area contributed by atoms with Crippen LogP contribution in [-0.2, 0) is 0 Å². The van der Waals surface area contributed by atoms with Gasteiger partial charge in [0.1, 0.15) is 0 Å². The summed E-state index contributed by atoms with van der Waals surface area (Å²) in [5.41, 5.74) is 4.01. The minimum Gasteiger partial charge on any atom is -0.276 e. The summed E-state index contributed by atoms with van der Waals surface area (Å²) >= 11 is 9.15. The zero-order valence-electron chi connectivity index (χ0n) is 11.2. The number of aryl methyl sites for hydroxylation is 1. The molecule has 0 atom stereocenters. The Labute approximate surface area is 135 Å². The highest BCUT2D eigenvalue weighted by Gasteiger charge is 2.12. The molecule has 0 aliphatic rings. The highest BCUT2D eigenvalue weighted by Crippen LogP contribution is 2.27. The maximum absolute atomic E-state index is 11.7. The van der Waals surface area contributed by atoms with Crippen molar-refractivity contribution in [2.24, 2.45) is 0 Å². The Morgan fingerprint density at radius 2 is 1.81 bits per heavy atom. The van der Waals surface area contributed by atoms with Gasteiger partial charge in [0.2, 0.25) is 0 Å². The predicted molar refractivity (Wildman–Crippen MR) is 89.8 cm³/mol. The zero-order valence-corrected chi connectivity index (χ0v) is 13.6. The van der Waals surface area contributed by atoms with Gasteiger partial charge in [-0.05, 0) is 48.9 Å². The fourth-order valence-electron chi connectivity index (χ4n) is 2.27. The molecular formula is C17H11BrClNO. The molecule has 1 aromatic heterocycles. The van der Waals surface area contributed by atoms with Gasteiger partial charge in [-0.3, -0.25) is 4.79 Å². The molecule has 21 heavy (non-hydrogen) atoms. The molecule has 0 fully saturated rings. The maximum atomic E-state index is 11.7. The third-order valence-electron chi connectivity index (χ3n) is 3.32. The number of nitrogens with zero attached hydrogens (tertiary/aromatic N) is 1. The lowest BCUT2D eigenvalue weighted by atomic mass is 10.0. The molecule has 0 radical (unpaired) electrons. The second-order valence-electron chi connectivity index (χ2n) is 4.86. The molecule has 104 valence electrons. The molecule has 4 heteroatoms. The van der Waals surface area contributed by atoms with Crippen molar-refractivity contribution in [2.75, 3.05) is 0 Å². The van der Waals surface area contributed by atoms with Gasteiger partial charge in [-0.25, -0.2) is 4.98 Å². The molecule has 0 aliphatic heterocycles. The van der Waals surface area contributed by atoms with E-state index in [0.717, 1.165) is 32.2 Å². The topological polar surface area (TPSA) is 30.0 Å². The van der Waals surface area contributed by atoms with E-state index in [1.807, 2.05) is 49.4 Å². The SMILES string of the molecule is Cc1ccc2nc(-c3ccc(Br)cc3)cc(C(=O)Cl)c2c1. The summed E-state index contributed by atoms with van der Waals surface area (Å²) in [5.74, 6) is 0. The minimum atomic E-state index is -0.466. The van der Waals surface area contributed by atoms with Crippen LogP contribution >= 0.6 is 27.5 Å². The number of rotatable bonds is 2. The van der Waals surface area contributed by atoms with Crippen molar-refractivity contribution in [3.05, 3.63) is 64.1 Å².